The predicted molar refractivity (Wildman–Crippen MR) is 92.3 cm³/mol. The zero-order chi connectivity index (χ0) is 17.0. The molecule has 0 aliphatic carbocycles. The number of thiophene rings is 1. The van der Waals surface area contributed by atoms with Gasteiger partial charge >= 0.3 is 6.18 Å². The molecule has 0 radical (unpaired) electrons. The molecule has 1 aliphatic rings. The topological polar surface area (TPSA) is 44.4 Å². The Morgan fingerprint density at radius 3 is 2.54 bits per heavy atom. The maximum Gasteiger partial charge on any atom is 0.405 e. The van der Waals surface area contributed by atoms with E-state index in [-0.39, 0.29) is 12.4 Å². The van der Waals surface area contributed by atoms with E-state index in [0.29, 0.717) is 30.5 Å². The highest BCUT2D eigenvalue weighted by Crippen LogP contribution is 2.29. The van der Waals surface area contributed by atoms with E-state index in [2.05, 4.69) is 10.6 Å². The highest BCUT2D eigenvalue weighted by molar-refractivity contribution is 7.16. The Morgan fingerprint density at radius 1 is 1.42 bits per heavy atom. The van der Waals surface area contributed by atoms with Crippen LogP contribution in [-0.4, -0.2) is 55.7 Å². The van der Waals surface area contributed by atoms with Crippen LogP contribution in [0.2, 0.25) is 4.34 Å². The average molecular weight is 406 g/mol. The Morgan fingerprint density at radius 2 is 2.04 bits per heavy atom. The summed E-state index contributed by atoms with van der Waals surface area (Å²) in [5.74, 6) is -0.947. The summed E-state index contributed by atoms with van der Waals surface area (Å²) in [6.07, 6.45) is -4.37. The summed E-state index contributed by atoms with van der Waals surface area (Å²) < 4.78 is 40.3. The largest absolute Gasteiger partial charge is 0.405 e. The lowest BCUT2D eigenvalue weighted by Crippen LogP contribution is -2.57. The summed E-state index contributed by atoms with van der Waals surface area (Å²) >= 11 is 7.08. The van der Waals surface area contributed by atoms with E-state index in [1.165, 1.54) is 16.2 Å². The molecule has 2 rings (SSSR count). The molecule has 4 nitrogen and oxygen atoms in total. The Hall–Kier alpha value is -0.540. The monoisotopic (exact) mass is 405 g/mol. The molecule has 0 aromatic carbocycles. The zero-order valence-corrected chi connectivity index (χ0v) is 15.4. The quantitative estimate of drug-likeness (QED) is 0.791. The van der Waals surface area contributed by atoms with E-state index in [0.717, 1.165) is 4.88 Å². The first-order valence-electron chi connectivity index (χ1n) is 7.33. The van der Waals surface area contributed by atoms with Gasteiger partial charge in [0.25, 0.3) is 0 Å². The van der Waals surface area contributed by atoms with E-state index in [9.17, 15) is 18.0 Å². The smallest absolute Gasteiger partial charge is 0.354 e. The minimum absolute atomic E-state index is 0. The number of nitrogens with zero attached hydrogens (tertiary/aromatic N) is 1. The van der Waals surface area contributed by atoms with Gasteiger partial charge in [0.2, 0.25) is 5.91 Å². The number of nitrogens with one attached hydrogen (secondary N) is 2. The molecule has 0 saturated carbocycles. The van der Waals surface area contributed by atoms with Crippen LogP contribution in [0.25, 0.3) is 0 Å². The number of alkyl halides is 3. The third kappa shape index (κ3) is 5.77. The number of rotatable bonds is 5. The van der Waals surface area contributed by atoms with Crippen molar-refractivity contribution in [2.75, 3.05) is 32.7 Å². The molecule has 1 amide bonds. The fraction of sp³-hybridized carbons (Fsp3) is 0.643. The normalized spacial score (nSPS) is 18.5. The molecule has 2 heterocycles. The van der Waals surface area contributed by atoms with Gasteiger partial charge in [0.15, 0.2) is 0 Å². The second kappa shape index (κ2) is 9.24. The van der Waals surface area contributed by atoms with E-state index in [1.54, 1.807) is 19.1 Å². The van der Waals surface area contributed by atoms with Crippen LogP contribution in [0.5, 0.6) is 0 Å². The van der Waals surface area contributed by atoms with Gasteiger partial charge < -0.3 is 10.6 Å². The molecular weight excluding hydrogens is 386 g/mol. The van der Waals surface area contributed by atoms with E-state index < -0.39 is 30.6 Å². The van der Waals surface area contributed by atoms with Crippen molar-refractivity contribution in [2.24, 2.45) is 0 Å². The number of carbonyl (C=O) groups excluding carboxylic acids is 1. The molecule has 24 heavy (non-hydrogen) atoms. The van der Waals surface area contributed by atoms with Gasteiger partial charge in [-0.05, 0) is 19.1 Å². The first-order valence-corrected chi connectivity index (χ1v) is 8.53. The molecule has 0 spiro atoms. The molecule has 1 saturated heterocycles. The minimum Gasteiger partial charge on any atom is -0.354 e. The number of hydrogen-bond donors (Lipinski definition) is 2. The molecule has 1 aromatic heterocycles. The van der Waals surface area contributed by atoms with Crippen molar-refractivity contribution in [3.63, 3.8) is 0 Å². The van der Waals surface area contributed by atoms with Crippen LogP contribution < -0.4 is 10.6 Å². The second-order valence-corrected chi connectivity index (χ2v) is 7.20. The van der Waals surface area contributed by atoms with E-state index in [4.69, 9.17) is 11.6 Å². The minimum atomic E-state index is -4.37. The third-order valence-electron chi connectivity index (χ3n) is 3.85. The van der Waals surface area contributed by atoms with E-state index in [1.807, 2.05) is 0 Å². The fourth-order valence-electron chi connectivity index (χ4n) is 2.49. The fourth-order valence-corrected chi connectivity index (χ4v) is 3.60. The maximum absolute atomic E-state index is 13.3. The van der Waals surface area contributed by atoms with Crippen molar-refractivity contribution in [3.05, 3.63) is 21.3 Å². The van der Waals surface area contributed by atoms with Crippen molar-refractivity contribution in [3.8, 4) is 0 Å². The molecule has 2 N–H and O–H groups in total. The molecule has 1 aromatic rings. The van der Waals surface area contributed by atoms with Gasteiger partial charge in [0.1, 0.15) is 6.04 Å². The maximum atomic E-state index is 13.3. The first-order chi connectivity index (χ1) is 10.8. The molecule has 1 aliphatic heterocycles. The van der Waals surface area contributed by atoms with Crippen LogP contribution in [0, 0.1) is 0 Å². The molecule has 2 unspecified atom stereocenters. The standard InChI is InChI=1S/C14H19ClF3N3OS.ClH/c1-9(10-2-3-12(15)23-10)13(22)20-8-11(14(16,17)18)21-6-4-19-5-7-21;/h2-3,9,11,19H,4-8H2,1H3,(H,20,22);1H. The molecule has 1 fully saturated rings. The second-order valence-electron chi connectivity index (χ2n) is 5.45. The first kappa shape index (κ1) is 21.5. The Bertz CT molecular complexity index is 536. The van der Waals surface area contributed by atoms with Crippen LogP contribution in [0.1, 0.15) is 17.7 Å². The lowest BCUT2D eigenvalue weighted by Gasteiger charge is -2.36. The van der Waals surface area contributed by atoms with Crippen LogP contribution in [0.15, 0.2) is 12.1 Å². The summed E-state index contributed by atoms with van der Waals surface area (Å²) in [5.41, 5.74) is 0. The van der Waals surface area contributed by atoms with Gasteiger partial charge in [-0.2, -0.15) is 13.2 Å². The zero-order valence-electron chi connectivity index (χ0n) is 13.0. The van der Waals surface area contributed by atoms with Crippen LogP contribution in [0.3, 0.4) is 0 Å². The SMILES string of the molecule is CC(C(=O)NCC(N1CCNCC1)C(F)(F)F)c1ccc(Cl)s1.Cl. The van der Waals surface area contributed by atoms with Crippen molar-refractivity contribution in [1.29, 1.82) is 0 Å². The third-order valence-corrected chi connectivity index (χ3v) is 5.27. The van der Waals surface area contributed by atoms with Crippen molar-refractivity contribution >= 4 is 41.3 Å². The summed E-state index contributed by atoms with van der Waals surface area (Å²) in [6.45, 7) is 2.89. The van der Waals surface area contributed by atoms with Crippen LogP contribution in [0.4, 0.5) is 13.2 Å². The van der Waals surface area contributed by atoms with Crippen molar-refractivity contribution in [1.82, 2.24) is 15.5 Å². The number of hydrogen-bond acceptors (Lipinski definition) is 4. The summed E-state index contributed by atoms with van der Waals surface area (Å²) in [5, 5.41) is 5.46. The van der Waals surface area contributed by atoms with Gasteiger partial charge in [-0.15, -0.1) is 23.7 Å². The Kier molecular flexibility index (Phi) is 8.28. The van der Waals surface area contributed by atoms with Gasteiger partial charge in [-0.3, -0.25) is 9.69 Å². The number of piperazine rings is 1. The van der Waals surface area contributed by atoms with Gasteiger partial charge in [0.05, 0.1) is 10.3 Å². The number of carbonyl (C=O) groups is 1. The highest BCUT2D eigenvalue weighted by atomic mass is 35.5. The molecule has 138 valence electrons. The number of halogens is 5. The predicted octanol–water partition coefficient (Wildman–Crippen LogP) is 2.88. The molecule has 2 atom stereocenters. The van der Waals surface area contributed by atoms with Gasteiger partial charge in [-0.25, -0.2) is 0 Å². The van der Waals surface area contributed by atoms with Crippen molar-refractivity contribution in [2.45, 2.75) is 25.1 Å². The lowest BCUT2D eigenvalue weighted by atomic mass is 10.1. The van der Waals surface area contributed by atoms with Gasteiger partial charge in [-0.1, -0.05) is 11.6 Å². The Balaban J connectivity index is 0.00000288. The molecule has 10 heteroatoms. The van der Waals surface area contributed by atoms with Crippen LogP contribution >= 0.6 is 35.3 Å². The molecule has 0 bridgehead atoms. The van der Waals surface area contributed by atoms with Crippen molar-refractivity contribution < 1.29 is 18.0 Å². The highest BCUT2D eigenvalue weighted by Gasteiger charge is 2.44. The lowest BCUT2D eigenvalue weighted by molar-refractivity contribution is -0.184. The summed E-state index contributed by atoms with van der Waals surface area (Å²) in [6, 6.07) is 1.73. The summed E-state index contributed by atoms with van der Waals surface area (Å²) in [4.78, 5) is 14.2. The van der Waals surface area contributed by atoms with E-state index >= 15 is 0 Å². The van der Waals surface area contributed by atoms with Crippen LogP contribution in [-0.2, 0) is 4.79 Å². The average Bonchev–Trinajstić information content (AvgIpc) is 2.92. The molecular formula is C14H20Cl2F3N3OS. The Labute approximate surface area is 154 Å². The summed E-state index contributed by atoms with van der Waals surface area (Å²) in [7, 11) is 0. The van der Waals surface area contributed by atoms with Gasteiger partial charge in [0, 0.05) is 37.6 Å². The number of amides is 1.